The summed E-state index contributed by atoms with van der Waals surface area (Å²) in [6.45, 7) is 0. The van der Waals surface area contributed by atoms with Crippen LogP contribution >= 0.6 is 0 Å². The maximum atomic E-state index is 11.9. The summed E-state index contributed by atoms with van der Waals surface area (Å²) in [6.07, 6.45) is 2.21. The van der Waals surface area contributed by atoms with Gasteiger partial charge in [-0.2, -0.15) is 0 Å². The highest BCUT2D eigenvalue weighted by Crippen LogP contribution is 2.25. The molecule has 21 heavy (non-hydrogen) atoms. The molecule has 0 aliphatic rings. The molecule has 0 saturated carbocycles. The number of nitrogens with one attached hydrogen (secondary N) is 1. The van der Waals surface area contributed by atoms with Crippen LogP contribution in [0.2, 0.25) is 0 Å². The molecule has 0 aromatic heterocycles. The topological polar surface area (TPSA) is 64.3 Å². The minimum atomic E-state index is -0.00208. The SMILES string of the molecule is COc1cc(NC(=O)CCCc2ccccc2)ccc1N. The molecule has 2 rings (SSSR count). The van der Waals surface area contributed by atoms with Crippen molar-refractivity contribution in [2.24, 2.45) is 0 Å². The number of ether oxygens (including phenoxy) is 1. The molecule has 0 bridgehead atoms. The summed E-state index contributed by atoms with van der Waals surface area (Å²) in [5, 5.41) is 2.86. The van der Waals surface area contributed by atoms with Crippen LogP contribution in [0, 0.1) is 0 Å². The second kappa shape index (κ2) is 7.33. The number of benzene rings is 2. The van der Waals surface area contributed by atoms with E-state index < -0.39 is 0 Å². The summed E-state index contributed by atoms with van der Waals surface area (Å²) < 4.78 is 5.13. The first kappa shape index (κ1) is 14.9. The smallest absolute Gasteiger partial charge is 0.224 e. The van der Waals surface area contributed by atoms with Crippen LogP contribution in [0.3, 0.4) is 0 Å². The van der Waals surface area contributed by atoms with E-state index in [1.54, 1.807) is 25.3 Å². The van der Waals surface area contributed by atoms with Crippen molar-refractivity contribution in [2.75, 3.05) is 18.2 Å². The van der Waals surface area contributed by atoms with Gasteiger partial charge in [0.25, 0.3) is 0 Å². The Labute approximate surface area is 124 Å². The van der Waals surface area contributed by atoms with Gasteiger partial charge in [-0.15, -0.1) is 0 Å². The number of carbonyl (C=O) groups excluding carboxylic acids is 1. The van der Waals surface area contributed by atoms with Crippen molar-refractivity contribution in [3.05, 3.63) is 54.1 Å². The third kappa shape index (κ3) is 4.53. The molecule has 1 amide bonds. The molecule has 110 valence electrons. The van der Waals surface area contributed by atoms with Crippen LogP contribution in [0.1, 0.15) is 18.4 Å². The van der Waals surface area contributed by atoms with E-state index in [1.165, 1.54) is 5.56 Å². The number of amides is 1. The molecule has 4 heteroatoms. The predicted molar refractivity (Wildman–Crippen MR) is 85.4 cm³/mol. The molecule has 2 aromatic carbocycles. The van der Waals surface area contributed by atoms with E-state index in [1.807, 2.05) is 18.2 Å². The van der Waals surface area contributed by atoms with Gasteiger partial charge in [-0.05, 0) is 30.5 Å². The molecule has 0 aliphatic carbocycles. The second-order valence-electron chi connectivity index (χ2n) is 4.84. The zero-order valence-electron chi connectivity index (χ0n) is 12.1. The average Bonchev–Trinajstić information content (AvgIpc) is 2.50. The van der Waals surface area contributed by atoms with Crippen molar-refractivity contribution in [3.8, 4) is 5.75 Å². The zero-order chi connectivity index (χ0) is 15.1. The number of aryl methyl sites for hydroxylation is 1. The lowest BCUT2D eigenvalue weighted by atomic mass is 10.1. The molecular formula is C17H20N2O2. The fourth-order valence-corrected chi connectivity index (χ4v) is 2.11. The fourth-order valence-electron chi connectivity index (χ4n) is 2.11. The van der Waals surface area contributed by atoms with Crippen molar-refractivity contribution in [2.45, 2.75) is 19.3 Å². The van der Waals surface area contributed by atoms with Crippen LogP contribution in [-0.2, 0) is 11.2 Å². The number of rotatable bonds is 6. The molecule has 0 heterocycles. The highest BCUT2D eigenvalue weighted by Gasteiger charge is 2.05. The maximum Gasteiger partial charge on any atom is 0.224 e. The summed E-state index contributed by atoms with van der Waals surface area (Å²) in [5.74, 6) is 0.565. The summed E-state index contributed by atoms with van der Waals surface area (Å²) >= 11 is 0. The van der Waals surface area contributed by atoms with Crippen LogP contribution in [0.4, 0.5) is 11.4 Å². The Morgan fingerprint density at radius 2 is 1.95 bits per heavy atom. The standard InChI is InChI=1S/C17H20N2O2/c1-21-16-12-14(10-11-15(16)18)19-17(20)9-5-8-13-6-3-2-4-7-13/h2-4,6-7,10-12H,5,8-9,18H2,1H3,(H,19,20). The largest absolute Gasteiger partial charge is 0.495 e. The Balaban J connectivity index is 1.82. The van der Waals surface area contributed by atoms with E-state index in [-0.39, 0.29) is 5.91 Å². The van der Waals surface area contributed by atoms with Gasteiger partial charge in [0.15, 0.2) is 0 Å². The van der Waals surface area contributed by atoms with Crippen molar-refractivity contribution in [3.63, 3.8) is 0 Å². The number of hydrogen-bond donors (Lipinski definition) is 2. The molecular weight excluding hydrogens is 264 g/mol. The van der Waals surface area contributed by atoms with Gasteiger partial charge < -0.3 is 15.8 Å². The minimum Gasteiger partial charge on any atom is -0.495 e. The summed E-state index contributed by atoms with van der Waals surface area (Å²) in [6, 6.07) is 15.4. The highest BCUT2D eigenvalue weighted by molar-refractivity contribution is 5.91. The molecule has 3 N–H and O–H groups in total. The molecule has 0 fully saturated rings. The van der Waals surface area contributed by atoms with E-state index >= 15 is 0 Å². The van der Waals surface area contributed by atoms with Gasteiger partial charge in [0, 0.05) is 18.2 Å². The van der Waals surface area contributed by atoms with Crippen LogP contribution < -0.4 is 15.8 Å². The average molecular weight is 284 g/mol. The molecule has 2 aromatic rings. The van der Waals surface area contributed by atoms with E-state index in [0.717, 1.165) is 12.8 Å². The zero-order valence-corrected chi connectivity index (χ0v) is 12.1. The number of nitrogens with two attached hydrogens (primary N) is 1. The van der Waals surface area contributed by atoms with Crippen molar-refractivity contribution < 1.29 is 9.53 Å². The van der Waals surface area contributed by atoms with E-state index in [0.29, 0.717) is 23.5 Å². The molecule has 0 saturated heterocycles. The normalized spacial score (nSPS) is 10.1. The summed E-state index contributed by atoms with van der Waals surface area (Å²) in [5.41, 5.74) is 8.24. The molecule has 4 nitrogen and oxygen atoms in total. The first-order chi connectivity index (χ1) is 10.2. The first-order valence-electron chi connectivity index (χ1n) is 6.96. The second-order valence-corrected chi connectivity index (χ2v) is 4.84. The van der Waals surface area contributed by atoms with E-state index in [4.69, 9.17) is 10.5 Å². The molecule has 0 atom stereocenters. The first-order valence-corrected chi connectivity index (χ1v) is 6.96. The van der Waals surface area contributed by atoms with Gasteiger partial charge >= 0.3 is 0 Å². The highest BCUT2D eigenvalue weighted by atomic mass is 16.5. The van der Waals surface area contributed by atoms with E-state index in [9.17, 15) is 4.79 Å². The van der Waals surface area contributed by atoms with Crippen molar-refractivity contribution in [1.82, 2.24) is 0 Å². The Bertz CT molecular complexity index is 597. The maximum absolute atomic E-state index is 11.9. The third-order valence-electron chi connectivity index (χ3n) is 3.23. The van der Waals surface area contributed by atoms with Crippen LogP contribution in [0.15, 0.2) is 48.5 Å². The van der Waals surface area contributed by atoms with Crippen LogP contribution in [0.5, 0.6) is 5.75 Å². The van der Waals surface area contributed by atoms with Gasteiger partial charge in [-0.1, -0.05) is 30.3 Å². The number of nitrogen functional groups attached to an aromatic ring is 1. The Kier molecular flexibility index (Phi) is 5.21. The lowest BCUT2D eigenvalue weighted by molar-refractivity contribution is -0.116. The molecule has 0 aliphatic heterocycles. The number of methoxy groups -OCH3 is 1. The minimum absolute atomic E-state index is 0.00208. The fraction of sp³-hybridized carbons (Fsp3) is 0.235. The van der Waals surface area contributed by atoms with Gasteiger partial charge in [0.1, 0.15) is 5.75 Å². The van der Waals surface area contributed by atoms with Crippen molar-refractivity contribution in [1.29, 1.82) is 0 Å². The number of hydrogen-bond acceptors (Lipinski definition) is 3. The molecule has 0 unspecified atom stereocenters. The van der Waals surface area contributed by atoms with E-state index in [2.05, 4.69) is 17.4 Å². The van der Waals surface area contributed by atoms with Crippen molar-refractivity contribution >= 4 is 17.3 Å². The predicted octanol–water partition coefficient (Wildman–Crippen LogP) is 3.24. The summed E-state index contributed by atoms with van der Waals surface area (Å²) in [4.78, 5) is 11.9. The number of anilines is 2. The Morgan fingerprint density at radius 3 is 2.67 bits per heavy atom. The van der Waals surface area contributed by atoms with Crippen LogP contribution in [-0.4, -0.2) is 13.0 Å². The lowest BCUT2D eigenvalue weighted by Gasteiger charge is -2.09. The monoisotopic (exact) mass is 284 g/mol. The van der Waals surface area contributed by atoms with Gasteiger partial charge in [0.05, 0.1) is 12.8 Å². The molecule has 0 spiro atoms. The third-order valence-corrected chi connectivity index (χ3v) is 3.23. The van der Waals surface area contributed by atoms with Gasteiger partial charge in [-0.3, -0.25) is 4.79 Å². The summed E-state index contributed by atoms with van der Waals surface area (Å²) in [7, 11) is 1.55. The van der Waals surface area contributed by atoms with Crippen LogP contribution in [0.25, 0.3) is 0 Å². The Morgan fingerprint density at radius 1 is 1.19 bits per heavy atom. The lowest BCUT2D eigenvalue weighted by Crippen LogP contribution is -2.11. The van der Waals surface area contributed by atoms with Gasteiger partial charge in [0.2, 0.25) is 5.91 Å². The quantitative estimate of drug-likeness (QED) is 0.800. The van der Waals surface area contributed by atoms with Gasteiger partial charge in [-0.25, -0.2) is 0 Å². The number of carbonyl (C=O) groups is 1. The molecule has 0 radical (unpaired) electrons. The Hall–Kier alpha value is -2.49.